The number of aromatic carboxylic acids is 1. The van der Waals surface area contributed by atoms with Crippen LogP contribution in [0, 0.1) is 5.82 Å². The van der Waals surface area contributed by atoms with Crippen molar-refractivity contribution in [3.8, 4) is 28.4 Å². The first-order valence-electron chi connectivity index (χ1n) is 8.26. The number of likely N-dealkylation sites (N-methyl/N-ethyl adjacent to an activating group) is 1. The quantitative estimate of drug-likeness (QED) is 0.617. The van der Waals surface area contributed by atoms with Crippen molar-refractivity contribution < 1.29 is 19.4 Å². The van der Waals surface area contributed by atoms with E-state index in [-0.39, 0.29) is 11.4 Å². The number of carboxylic acids is 1. The van der Waals surface area contributed by atoms with Crippen molar-refractivity contribution in [1.82, 2.24) is 19.9 Å². The predicted molar refractivity (Wildman–Crippen MR) is 98.1 cm³/mol. The van der Waals surface area contributed by atoms with Crippen LogP contribution < -0.4 is 0 Å². The molecule has 2 heterocycles. The Morgan fingerprint density at radius 2 is 2.00 bits per heavy atom. The normalized spacial score (nSPS) is 11.1. The number of hydrogen-bond donors (Lipinski definition) is 3. The lowest BCUT2D eigenvalue weighted by molar-refractivity contribution is 0.0696. The van der Waals surface area contributed by atoms with Crippen LogP contribution in [-0.4, -0.2) is 56.7 Å². The summed E-state index contributed by atoms with van der Waals surface area (Å²) in [4.78, 5) is 24.8. The molecular formula is C19H19FN4O3. The summed E-state index contributed by atoms with van der Waals surface area (Å²) >= 11 is 0. The third-order valence-corrected chi connectivity index (χ3v) is 4.00. The molecule has 140 valence electrons. The lowest BCUT2D eigenvalue weighted by Crippen LogP contribution is -2.15. The van der Waals surface area contributed by atoms with Crippen LogP contribution >= 0.6 is 0 Å². The molecule has 0 saturated heterocycles. The molecule has 0 atom stereocenters. The van der Waals surface area contributed by atoms with E-state index in [1.807, 2.05) is 19.0 Å². The summed E-state index contributed by atoms with van der Waals surface area (Å²) in [5.41, 5.74) is 1.76. The maximum atomic E-state index is 14.0. The first kappa shape index (κ1) is 18.5. The van der Waals surface area contributed by atoms with E-state index in [0.717, 1.165) is 12.6 Å². The summed E-state index contributed by atoms with van der Waals surface area (Å²) in [6.45, 7) is 0.748. The Balaban J connectivity index is 2.14. The fourth-order valence-electron chi connectivity index (χ4n) is 2.71. The number of nitrogens with zero attached hydrogens (tertiary/aromatic N) is 3. The van der Waals surface area contributed by atoms with Gasteiger partial charge >= 0.3 is 5.97 Å². The largest absolute Gasteiger partial charge is 0.493 e. The minimum absolute atomic E-state index is 0.159. The zero-order chi connectivity index (χ0) is 19.6. The fraction of sp³-hybridized carbons (Fsp3) is 0.211. The topological polar surface area (TPSA) is 102 Å². The molecule has 8 heteroatoms. The minimum Gasteiger partial charge on any atom is -0.493 e. The van der Waals surface area contributed by atoms with Gasteiger partial charge in [0, 0.05) is 36.4 Å². The lowest BCUT2D eigenvalue weighted by Gasteiger charge is -2.06. The molecule has 0 bridgehead atoms. The maximum absolute atomic E-state index is 14.0. The van der Waals surface area contributed by atoms with Crippen LogP contribution in [0.2, 0.25) is 0 Å². The lowest BCUT2D eigenvalue weighted by atomic mass is 10.0. The highest BCUT2D eigenvalue weighted by atomic mass is 19.1. The number of carbonyl (C=O) groups is 1. The van der Waals surface area contributed by atoms with Crippen molar-refractivity contribution in [3.63, 3.8) is 0 Å². The van der Waals surface area contributed by atoms with Crippen LogP contribution in [0.5, 0.6) is 5.88 Å². The number of aromatic hydroxyl groups is 1. The number of hydrogen-bond acceptors (Lipinski definition) is 5. The molecule has 0 aliphatic heterocycles. The van der Waals surface area contributed by atoms with Crippen LogP contribution in [0.4, 0.5) is 4.39 Å². The highest BCUT2D eigenvalue weighted by Crippen LogP contribution is 2.32. The van der Waals surface area contributed by atoms with Crippen molar-refractivity contribution in [2.45, 2.75) is 6.42 Å². The van der Waals surface area contributed by atoms with E-state index in [4.69, 9.17) is 0 Å². The molecule has 3 N–H and O–H groups in total. The number of halogens is 1. The molecule has 27 heavy (non-hydrogen) atoms. The standard InChI is InChI=1S/C19H19FN4O3/c1-24(2)6-4-15-22-17(11-3-5-21-16(25)10-11)18(23-15)12-7-13(19(26)27)9-14(20)8-12/h3,5,7-10H,4,6H2,1-2H3,(H,21,25)(H,22,23)(H,26,27). The van der Waals surface area contributed by atoms with Crippen LogP contribution in [0.25, 0.3) is 22.5 Å². The summed E-state index contributed by atoms with van der Waals surface area (Å²) in [5, 5.41) is 18.9. The second-order valence-electron chi connectivity index (χ2n) is 6.40. The Morgan fingerprint density at radius 3 is 2.67 bits per heavy atom. The Labute approximate surface area is 155 Å². The minimum atomic E-state index is -1.22. The molecule has 0 fully saturated rings. The number of H-pyrrole nitrogens is 1. The maximum Gasteiger partial charge on any atom is 0.335 e. The van der Waals surface area contributed by atoms with Gasteiger partial charge in [-0.3, -0.25) is 0 Å². The Bertz CT molecular complexity index is 985. The molecule has 3 aromatic rings. The molecule has 2 aromatic heterocycles. The van der Waals surface area contributed by atoms with E-state index in [1.54, 1.807) is 6.07 Å². The van der Waals surface area contributed by atoms with Crippen LogP contribution in [0.1, 0.15) is 16.2 Å². The molecule has 0 radical (unpaired) electrons. The Hall–Kier alpha value is -3.26. The van der Waals surface area contributed by atoms with Gasteiger partial charge in [0.25, 0.3) is 0 Å². The van der Waals surface area contributed by atoms with Crippen molar-refractivity contribution >= 4 is 5.97 Å². The SMILES string of the molecule is CN(C)CCc1nc(-c2cc(F)cc(C(=O)O)c2)c(-c2ccnc(O)c2)[nH]1. The van der Waals surface area contributed by atoms with Gasteiger partial charge in [0.2, 0.25) is 5.88 Å². The highest BCUT2D eigenvalue weighted by Gasteiger charge is 2.17. The van der Waals surface area contributed by atoms with Gasteiger partial charge in [-0.15, -0.1) is 0 Å². The number of nitrogens with one attached hydrogen (secondary N) is 1. The molecule has 1 aromatic carbocycles. The number of aromatic nitrogens is 3. The first-order chi connectivity index (χ1) is 12.8. The Kier molecular flexibility index (Phi) is 5.18. The average molecular weight is 370 g/mol. The van der Waals surface area contributed by atoms with Gasteiger partial charge in [-0.1, -0.05) is 0 Å². The second-order valence-corrected chi connectivity index (χ2v) is 6.40. The van der Waals surface area contributed by atoms with Gasteiger partial charge in [-0.05, 0) is 38.4 Å². The monoisotopic (exact) mass is 370 g/mol. The van der Waals surface area contributed by atoms with Crippen LogP contribution in [0.15, 0.2) is 36.5 Å². The zero-order valence-corrected chi connectivity index (χ0v) is 14.9. The molecule has 7 nitrogen and oxygen atoms in total. The summed E-state index contributed by atoms with van der Waals surface area (Å²) in [6.07, 6.45) is 2.07. The number of aromatic amines is 1. The number of imidazole rings is 1. The third kappa shape index (κ3) is 4.29. The predicted octanol–water partition coefficient (Wildman–Crippen LogP) is 2.79. The van der Waals surface area contributed by atoms with E-state index < -0.39 is 11.8 Å². The molecule has 0 unspecified atom stereocenters. The molecule has 0 amide bonds. The summed E-state index contributed by atoms with van der Waals surface area (Å²) < 4.78 is 14.0. The van der Waals surface area contributed by atoms with Gasteiger partial charge in [-0.2, -0.15) is 0 Å². The van der Waals surface area contributed by atoms with Crippen LogP contribution in [0.3, 0.4) is 0 Å². The molecular weight excluding hydrogens is 351 g/mol. The van der Waals surface area contributed by atoms with E-state index in [1.165, 1.54) is 24.4 Å². The van der Waals surface area contributed by atoms with Crippen molar-refractivity contribution in [1.29, 1.82) is 0 Å². The molecule has 0 aliphatic carbocycles. The molecule has 3 rings (SSSR count). The number of carboxylic acid groups (broad SMARTS) is 1. The smallest absolute Gasteiger partial charge is 0.335 e. The van der Waals surface area contributed by atoms with Gasteiger partial charge in [0.1, 0.15) is 11.6 Å². The van der Waals surface area contributed by atoms with E-state index >= 15 is 0 Å². The van der Waals surface area contributed by atoms with E-state index in [0.29, 0.717) is 34.8 Å². The van der Waals surface area contributed by atoms with Crippen LogP contribution in [-0.2, 0) is 6.42 Å². The number of benzene rings is 1. The van der Waals surface area contributed by atoms with Crippen molar-refractivity contribution in [3.05, 3.63) is 53.7 Å². The van der Waals surface area contributed by atoms with Gasteiger partial charge in [0.05, 0.1) is 17.0 Å². The Morgan fingerprint density at radius 1 is 1.22 bits per heavy atom. The van der Waals surface area contributed by atoms with Crippen molar-refractivity contribution in [2.75, 3.05) is 20.6 Å². The van der Waals surface area contributed by atoms with E-state index in [9.17, 15) is 19.4 Å². The van der Waals surface area contributed by atoms with E-state index in [2.05, 4.69) is 15.0 Å². The van der Waals surface area contributed by atoms with Gasteiger partial charge in [-0.25, -0.2) is 19.2 Å². The summed E-state index contributed by atoms with van der Waals surface area (Å²) in [5.74, 6) is -1.37. The van der Waals surface area contributed by atoms with Gasteiger partial charge < -0.3 is 20.1 Å². The number of rotatable bonds is 6. The highest BCUT2D eigenvalue weighted by molar-refractivity contribution is 5.90. The summed E-state index contributed by atoms with van der Waals surface area (Å²) in [7, 11) is 3.88. The van der Waals surface area contributed by atoms with Gasteiger partial charge in [0.15, 0.2) is 0 Å². The first-order valence-corrected chi connectivity index (χ1v) is 8.26. The molecule has 0 saturated carbocycles. The number of pyridine rings is 1. The zero-order valence-electron chi connectivity index (χ0n) is 14.9. The van der Waals surface area contributed by atoms with Crippen molar-refractivity contribution in [2.24, 2.45) is 0 Å². The summed E-state index contributed by atoms with van der Waals surface area (Å²) in [6, 6.07) is 6.72. The second kappa shape index (κ2) is 7.55. The average Bonchev–Trinajstić information content (AvgIpc) is 3.04. The molecule has 0 aliphatic rings. The third-order valence-electron chi connectivity index (χ3n) is 4.00. The molecule has 0 spiro atoms. The fourth-order valence-corrected chi connectivity index (χ4v) is 2.71.